The molecule has 34 heavy (non-hydrogen) atoms. The van der Waals surface area contributed by atoms with Crippen molar-refractivity contribution in [2.45, 2.75) is 102 Å². The first-order valence-electron chi connectivity index (χ1n) is 13.7. The van der Waals surface area contributed by atoms with Crippen LogP contribution in [-0.2, 0) is 9.59 Å². The number of likely N-dealkylation sites (tertiary alicyclic amines) is 1. The van der Waals surface area contributed by atoms with Gasteiger partial charge >= 0.3 is 0 Å². The van der Waals surface area contributed by atoms with Crippen molar-refractivity contribution in [3.05, 3.63) is 0 Å². The van der Waals surface area contributed by atoms with E-state index in [4.69, 9.17) is 11.6 Å². The minimum Gasteiger partial charge on any atom is -0.355 e. The van der Waals surface area contributed by atoms with E-state index < -0.39 is 0 Å². The molecule has 2 aliphatic carbocycles. The number of alkyl halides is 1. The Hall–Kier alpha value is -0.850. The molecule has 3 rings (SSSR count). The van der Waals surface area contributed by atoms with Gasteiger partial charge in [0.15, 0.2) is 0 Å². The van der Waals surface area contributed by atoms with Gasteiger partial charge in [-0.15, -0.1) is 11.6 Å². The monoisotopic (exact) mass is 496 g/mol. The Morgan fingerprint density at radius 1 is 1.06 bits per heavy atom. The van der Waals surface area contributed by atoms with Crippen LogP contribution < -0.4 is 5.32 Å². The molecule has 0 aromatic rings. The third-order valence-corrected chi connectivity index (χ3v) is 9.82. The second kappa shape index (κ2) is 11.9. The Morgan fingerprint density at radius 2 is 1.68 bits per heavy atom. The number of rotatable bonds is 7. The summed E-state index contributed by atoms with van der Waals surface area (Å²) in [6.45, 7) is 10.2. The zero-order chi connectivity index (χ0) is 25.2. The summed E-state index contributed by atoms with van der Waals surface area (Å²) in [7, 11) is 6.26. The van der Waals surface area contributed by atoms with E-state index in [1.807, 2.05) is 11.9 Å². The molecule has 1 saturated heterocycles. The molecule has 2 amide bonds. The number of piperidine rings is 1. The maximum Gasteiger partial charge on any atom is 0.227 e. The van der Waals surface area contributed by atoms with Gasteiger partial charge in [0.25, 0.3) is 0 Å². The highest BCUT2D eigenvalue weighted by atomic mass is 35.5. The fraction of sp³-hybridized carbons (Fsp3) is 0.926. The molecule has 0 bridgehead atoms. The van der Waals surface area contributed by atoms with Gasteiger partial charge in [-0.3, -0.25) is 14.5 Å². The number of carbonyl (C=O) groups excluding carboxylic acids is 2. The molecule has 0 aromatic carbocycles. The molecule has 196 valence electrons. The van der Waals surface area contributed by atoms with Gasteiger partial charge in [-0.2, -0.15) is 0 Å². The first-order valence-corrected chi connectivity index (χ1v) is 14.1. The van der Waals surface area contributed by atoms with Gasteiger partial charge in [-0.25, -0.2) is 0 Å². The van der Waals surface area contributed by atoms with Crippen molar-refractivity contribution in [1.29, 1.82) is 0 Å². The summed E-state index contributed by atoms with van der Waals surface area (Å²) >= 11 is 6.78. The molecule has 6 nitrogen and oxygen atoms in total. The van der Waals surface area contributed by atoms with Crippen LogP contribution in [0.25, 0.3) is 0 Å². The SMILES string of the molecule is CCN(C1CC(Cl)CC(C(=O)NCC2C(=O)N(C)C(C)CC2C)C1C)[C@H]1CC[C@H](N(C)C)CC1. The molecule has 1 N–H and O–H groups in total. The second-order valence-electron chi connectivity index (χ2n) is 11.7. The van der Waals surface area contributed by atoms with Crippen molar-refractivity contribution in [3.8, 4) is 0 Å². The van der Waals surface area contributed by atoms with Gasteiger partial charge in [-0.1, -0.05) is 20.8 Å². The van der Waals surface area contributed by atoms with Crippen LogP contribution in [0.1, 0.15) is 72.6 Å². The number of amides is 2. The maximum atomic E-state index is 13.4. The van der Waals surface area contributed by atoms with Gasteiger partial charge in [0.1, 0.15) is 0 Å². The van der Waals surface area contributed by atoms with E-state index in [1.165, 1.54) is 25.7 Å². The smallest absolute Gasteiger partial charge is 0.227 e. The van der Waals surface area contributed by atoms with Crippen LogP contribution in [0.3, 0.4) is 0 Å². The number of hydrogen-bond donors (Lipinski definition) is 1. The van der Waals surface area contributed by atoms with Crippen molar-refractivity contribution in [3.63, 3.8) is 0 Å². The Balaban J connectivity index is 1.63. The summed E-state index contributed by atoms with van der Waals surface area (Å²) in [6.07, 6.45) is 7.58. The summed E-state index contributed by atoms with van der Waals surface area (Å²) in [5, 5.41) is 3.20. The highest BCUT2D eigenvalue weighted by molar-refractivity contribution is 6.20. The van der Waals surface area contributed by atoms with Crippen LogP contribution in [0.4, 0.5) is 0 Å². The largest absolute Gasteiger partial charge is 0.355 e. The zero-order valence-corrected chi connectivity index (χ0v) is 23.4. The highest BCUT2D eigenvalue weighted by Crippen LogP contribution is 2.39. The first kappa shape index (κ1) is 27.7. The van der Waals surface area contributed by atoms with Crippen LogP contribution >= 0.6 is 11.6 Å². The molecule has 0 spiro atoms. The summed E-state index contributed by atoms with van der Waals surface area (Å²) in [6, 6.07) is 1.86. The lowest BCUT2D eigenvalue weighted by Crippen LogP contribution is -2.56. The fourth-order valence-electron chi connectivity index (χ4n) is 7.00. The first-order chi connectivity index (χ1) is 16.0. The summed E-state index contributed by atoms with van der Waals surface area (Å²) in [5.41, 5.74) is 0. The fourth-order valence-corrected chi connectivity index (χ4v) is 7.37. The van der Waals surface area contributed by atoms with E-state index in [-0.39, 0.29) is 46.9 Å². The summed E-state index contributed by atoms with van der Waals surface area (Å²) < 4.78 is 0. The van der Waals surface area contributed by atoms with Crippen molar-refractivity contribution in [2.75, 3.05) is 34.2 Å². The lowest BCUT2D eigenvalue weighted by molar-refractivity contribution is -0.142. The number of carbonyl (C=O) groups is 2. The number of hydrogen-bond acceptors (Lipinski definition) is 4. The number of nitrogens with zero attached hydrogens (tertiary/aromatic N) is 3. The van der Waals surface area contributed by atoms with E-state index >= 15 is 0 Å². The third-order valence-electron chi connectivity index (χ3n) is 9.46. The molecule has 0 radical (unpaired) electrons. The van der Waals surface area contributed by atoms with Crippen molar-refractivity contribution >= 4 is 23.4 Å². The molecular formula is C27H49ClN4O2. The predicted molar refractivity (Wildman–Crippen MR) is 140 cm³/mol. The average molecular weight is 497 g/mol. The third kappa shape index (κ3) is 6.10. The minimum absolute atomic E-state index is 0.0198. The second-order valence-corrected chi connectivity index (χ2v) is 12.3. The lowest BCUT2D eigenvalue weighted by atomic mass is 9.74. The molecular weight excluding hydrogens is 448 g/mol. The van der Waals surface area contributed by atoms with E-state index in [9.17, 15) is 9.59 Å². The Kier molecular flexibility index (Phi) is 9.73. The van der Waals surface area contributed by atoms with Crippen LogP contribution in [0.15, 0.2) is 0 Å². The van der Waals surface area contributed by atoms with Gasteiger partial charge in [0.05, 0.1) is 5.92 Å². The Morgan fingerprint density at radius 3 is 2.26 bits per heavy atom. The topological polar surface area (TPSA) is 55.9 Å². The summed E-state index contributed by atoms with van der Waals surface area (Å²) in [5.74, 6) is 0.538. The van der Waals surface area contributed by atoms with Crippen molar-refractivity contribution < 1.29 is 9.59 Å². The molecule has 7 unspecified atom stereocenters. The molecule has 7 heteroatoms. The molecule has 0 aromatic heterocycles. The van der Waals surface area contributed by atoms with Crippen LogP contribution in [-0.4, -0.2) is 90.3 Å². The number of halogens is 1. The van der Waals surface area contributed by atoms with Gasteiger partial charge in [0, 0.05) is 49.1 Å². The maximum absolute atomic E-state index is 13.4. The zero-order valence-electron chi connectivity index (χ0n) is 22.6. The van der Waals surface area contributed by atoms with Crippen LogP contribution in [0.2, 0.25) is 0 Å². The Bertz CT molecular complexity index is 696. The van der Waals surface area contributed by atoms with Crippen molar-refractivity contribution in [1.82, 2.24) is 20.0 Å². The Labute approximate surface area is 213 Å². The standard InChI is InChI=1S/C27H49ClN4O2/c1-8-32(22-11-9-21(10-12-22)30(5)6)25-15-20(28)14-23(19(25)4)26(33)29-16-24-17(2)13-18(3)31(7)27(24)34/h17-25H,8-16H2,1-7H3,(H,29,33)/t17?,18?,19?,20?,21-,22-,23?,24?,25?. The van der Waals surface area contributed by atoms with Crippen molar-refractivity contribution in [2.24, 2.45) is 23.7 Å². The minimum atomic E-state index is -0.134. The van der Waals surface area contributed by atoms with E-state index in [0.29, 0.717) is 24.7 Å². The summed E-state index contributed by atoms with van der Waals surface area (Å²) in [4.78, 5) is 33.1. The van der Waals surface area contributed by atoms with E-state index in [1.54, 1.807) is 0 Å². The molecule has 1 aliphatic heterocycles. The average Bonchev–Trinajstić information content (AvgIpc) is 2.80. The van der Waals surface area contributed by atoms with E-state index in [2.05, 4.69) is 56.9 Å². The molecule has 1 heterocycles. The molecule has 3 fully saturated rings. The highest BCUT2D eigenvalue weighted by Gasteiger charge is 2.43. The van der Waals surface area contributed by atoms with E-state index in [0.717, 1.165) is 25.8 Å². The predicted octanol–water partition coefficient (Wildman–Crippen LogP) is 3.82. The van der Waals surface area contributed by atoms with Gasteiger partial charge in [0.2, 0.25) is 11.8 Å². The quantitative estimate of drug-likeness (QED) is 0.544. The lowest BCUT2D eigenvalue weighted by Gasteiger charge is -2.48. The molecule has 3 aliphatic rings. The van der Waals surface area contributed by atoms with Crippen LogP contribution in [0.5, 0.6) is 0 Å². The molecule has 7 atom stereocenters. The molecule has 2 saturated carbocycles. The normalized spacial score (nSPS) is 39.5. The number of nitrogens with one attached hydrogen (secondary N) is 1. The van der Waals surface area contributed by atoms with Gasteiger partial charge < -0.3 is 15.1 Å². The van der Waals surface area contributed by atoms with Gasteiger partial charge in [-0.05, 0) is 84.3 Å². The van der Waals surface area contributed by atoms with Crippen LogP contribution in [0, 0.1) is 23.7 Å².